The molecule has 0 aliphatic rings. The standard InChI is InChI=1S/C25H22N4O3S/c1-15-8-10-17(11-9-15)29-16(2)27-28-25(29)33-14-24(30)26-20-13-22-19(12-23(20)31-3)18-6-4-5-7-21(18)32-22/h4-13H,14H2,1-3H3,(H,26,30). The number of benzene rings is 3. The Hall–Kier alpha value is -3.78. The molecule has 0 aliphatic carbocycles. The van der Waals surface area contributed by atoms with Gasteiger partial charge in [-0.25, -0.2) is 0 Å². The first-order valence-electron chi connectivity index (χ1n) is 10.4. The number of nitrogens with zero attached hydrogens (tertiary/aromatic N) is 3. The van der Waals surface area contributed by atoms with Gasteiger partial charge in [0.25, 0.3) is 0 Å². The minimum Gasteiger partial charge on any atom is -0.495 e. The summed E-state index contributed by atoms with van der Waals surface area (Å²) in [5, 5.41) is 14.0. The summed E-state index contributed by atoms with van der Waals surface area (Å²) in [4.78, 5) is 12.8. The van der Waals surface area contributed by atoms with Crippen molar-refractivity contribution in [2.45, 2.75) is 19.0 Å². The van der Waals surface area contributed by atoms with Crippen LogP contribution in [0, 0.1) is 13.8 Å². The van der Waals surface area contributed by atoms with Gasteiger partial charge in [0.1, 0.15) is 22.7 Å². The second-order valence-corrected chi connectivity index (χ2v) is 8.63. The van der Waals surface area contributed by atoms with Gasteiger partial charge in [0, 0.05) is 22.5 Å². The summed E-state index contributed by atoms with van der Waals surface area (Å²) in [5.41, 5.74) is 4.18. The number of furan rings is 1. The van der Waals surface area contributed by atoms with Gasteiger partial charge in [0.2, 0.25) is 5.91 Å². The number of nitrogens with one attached hydrogen (secondary N) is 1. The van der Waals surface area contributed by atoms with Gasteiger partial charge in [0.15, 0.2) is 5.16 Å². The Labute approximate surface area is 194 Å². The van der Waals surface area contributed by atoms with Gasteiger partial charge in [-0.15, -0.1) is 10.2 Å². The van der Waals surface area contributed by atoms with E-state index in [1.54, 1.807) is 13.2 Å². The Morgan fingerprint density at radius 2 is 1.82 bits per heavy atom. The number of aromatic nitrogens is 3. The molecule has 0 radical (unpaired) electrons. The van der Waals surface area contributed by atoms with Gasteiger partial charge in [-0.3, -0.25) is 9.36 Å². The first-order chi connectivity index (χ1) is 16.0. The highest BCUT2D eigenvalue weighted by molar-refractivity contribution is 7.99. The lowest BCUT2D eigenvalue weighted by atomic mass is 10.1. The molecule has 5 aromatic rings. The Bertz CT molecular complexity index is 1470. The monoisotopic (exact) mass is 458 g/mol. The maximum absolute atomic E-state index is 12.8. The average Bonchev–Trinajstić information content (AvgIpc) is 3.37. The van der Waals surface area contributed by atoms with E-state index in [9.17, 15) is 4.79 Å². The van der Waals surface area contributed by atoms with Crippen LogP contribution in [0.15, 0.2) is 70.2 Å². The normalized spacial score (nSPS) is 11.2. The van der Waals surface area contributed by atoms with Crippen LogP contribution in [0.2, 0.25) is 0 Å². The molecule has 0 unspecified atom stereocenters. The van der Waals surface area contributed by atoms with E-state index in [-0.39, 0.29) is 11.7 Å². The van der Waals surface area contributed by atoms with Crippen molar-refractivity contribution >= 4 is 45.3 Å². The number of methoxy groups -OCH3 is 1. The summed E-state index contributed by atoms with van der Waals surface area (Å²) in [6.45, 7) is 3.93. The van der Waals surface area contributed by atoms with E-state index < -0.39 is 0 Å². The molecule has 0 fully saturated rings. The number of hydrogen-bond acceptors (Lipinski definition) is 6. The highest BCUT2D eigenvalue weighted by Gasteiger charge is 2.16. The quantitative estimate of drug-likeness (QED) is 0.337. The van der Waals surface area contributed by atoms with Crippen molar-refractivity contribution in [1.29, 1.82) is 0 Å². The van der Waals surface area contributed by atoms with Gasteiger partial charge in [-0.1, -0.05) is 47.7 Å². The van der Waals surface area contributed by atoms with Crippen LogP contribution in [-0.2, 0) is 4.79 Å². The van der Waals surface area contributed by atoms with Crippen molar-refractivity contribution in [3.63, 3.8) is 0 Å². The summed E-state index contributed by atoms with van der Waals surface area (Å²) in [7, 11) is 1.58. The van der Waals surface area contributed by atoms with Crippen LogP contribution in [0.5, 0.6) is 5.75 Å². The summed E-state index contributed by atoms with van der Waals surface area (Å²) in [5.74, 6) is 1.33. The third-order valence-electron chi connectivity index (χ3n) is 5.39. The Morgan fingerprint density at radius 3 is 2.61 bits per heavy atom. The third kappa shape index (κ3) is 4.05. The van der Waals surface area contributed by atoms with Crippen LogP contribution in [0.1, 0.15) is 11.4 Å². The minimum atomic E-state index is -0.176. The van der Waals surface area contributed by atoms with Crippen molar-refractivity contribution in [3.8, 4) is 11.4 Å². The number of carbonyl (C=O) groups is 1. The van der Waals surface area contributed by atoms with E-state index in [0.29, 0.717) is 22.2 Å². The molecule has 33 heavy (non-hydrogen) atoms. The van der Waals surface area contributed by atoms with E-state index >= 15 is 0 Å². The van der Waals surface area contributed by atoms with E-state index in [4.69, 9.17) is 9.15 Å². The van der Waals surface area contributed by atoms with Gasteiger partial charge in [-0.05, 0) is 38.1 Å². The number of hydrogen-bond donors (Lipinski definition) is 1. The first kappa shape index (κ1) is 21.1. The SMILES string of the molecule is COc1cc2c(cc1NC(=O)CSc1nnc(C)n1-c1ccc(C)cc1)oc1ccccc12. The fourth-order valence-corrected chi connectivity index (χ4v) is 4.56. The van der Waals surface area contributed by atoms with Gasteiger partial charge in [0.05, 0.1) is 18.6 Å². The molecule has 1 N–H and O–H groups in total. The number of para-hydroxylation sites is 1. The Balaban J connectivity index is 1.36. The van der Waals surface area contributed by atoms with Crippen molar-refractivity contribution < 1.29 is 13.9 Å². The molecule has 1 amide bonds. The van der Waals surface area contributed by atoms with Gasteiger partial charge in [-0.2, -0.15) is 0 Å². The zero-order valence-corrected chi connectivity index (χ0v) is 19.3. The molecule has 0 aliphatic heterocycles. The zero-order chi connectivity index (χ0) is 22.9. The highest BCUT2D eigenvalue weighted by atomic mass is 32.2. The smallest absolute Gasteiger partial charge is 0.234 e. The molecule has 8 heteroatoms. The van der Waals surface area contributed by atoms with Crippen molar-refractivity contribution in [1.82, 2.24) is 14.8 Å². The molecular weight excluding hydrogens is 436 g/mol. The lowest BCUT2D eigenvalue weighted by Crippen LogP contribution is -2.15. The molecule has 0 bridgehead atoms. The lowest BCUT2D eigenvalue weighted by Gasteiger charge is -2.11. The van der Waals surface area contributed by atoms with E-state index in [1.165, 1.54) is 17.3 Å². The number of anilines is 1. The maximum Gasteiger partial charge on any atom is 0.234 e. The first-order valence-corrected chi connectivity index (χ1v) is 11.4. The number of thioether (sulfide) groups is 1. The Morgan fingerprint density at radius 1 is 1.03 bits per heavy atom. The molecule has 7 nitrogen and oxygen atoms in total. The topological polar surface area (TPSA) is 82.2 Å². The van der Waals surface area contributed by atoms with Gasteiger partial charge >= 0.3 is 0 Å². The van der Waals surface area contributed by atoms with Gasteiger partial charge < -0.3 is 14.5 Å². The number of rotatable bonds is 6. The zero-order valence-electron chi connectivity index (χ0n) is 18.5. The van der Waals surface area contributed by atoms with Crippen molar-refractivity contribution in [3.05, 3.63) is 72.1 Å². The third-order valence-corrected chi connectivity index (χ3v) is 6.32. The summed E-state index contributed by atoms with van der Waals surface area (Å²) < 4.78 is 13.4. The van der Waals surface area contributed by atoms with E-state index in [2.05, 4.69) is 15.5 Å². The number of ether oxygens (including phenoxy) is 1. The molecule has 166 valence electrons. The van der Waals surface area contributed by atoms with Crippen LogP contribution in [0.3, 0.4) is 0 Å². The average molecular weight is 459 g/mol. The summed E-state index contributed by atoms with van der Waals surface area (Å²) in [6, 6.07) is 19.6. The summed E-state index contributed by atoms with van der Waals surface area (Å²) >= 11 is 1.33. The minimum absolute atomic E-state index is 0.172. The number of amides is 1. The number of aryl methyl sites for hydroxylation is 2. The van der Waals surface area contributed by atoms with Crippen LogP contribution in [-0.4, -0.2) is 33.5 Å². The van der Waals surface area contributed by atoms with Crippen molar-refractivity contribution in [2.24, 2.45) is 0 Å². The van der Waals surface area contributed by atoms with Crippen LogP contribution in [0.25, 0.3) is 27.6 Å². The highest BCUT2D eigenvalue weighted by Crippen LogP contribution is 2.36. The molecule has 0 saturated carbocycles. The molecule has 2 heterocycles. The molecule has 0 spiro atoms. The molecule has 2 aromatic heterocycles. The lowest BCUT2D eigenvalue weighted by molar-refractivity contribution is -0.113. The Kier molecular flexibility index (Phi) is 5.51. The number of fused-ring (bicyclic) bond motifs is 3. The predicted octanol–water partition coefficient (Wildman–Crippen LogP) is 5.52. The fourth-order valence-electron chi connectivity index (χ4n) is 3.76. The van der Waals surface area contributed by atoms with Crippen molar-refractivity contribution in [2.75, 3.05) is 18.2 Å². The number of carbonyl (C=O) groups excluding carboxylic acids is 1. The fraction of sp³-hybridized carbons (Fsp3) is 0.160. The van der Waals surface area contributed by atoms with E-state index in [1.807, 2.05) is 73.0 Å². The predicted molar refractivity (Wildman–Crippen MR) is 130 cm³/mol. The summed E-state index contributed by atoms with van der Waals surface area (Å²) in [6.07, 6.45) is 0. The molecule has 3 aromatic carbocycles. The largest absolute Gasteiger partial charge is 0.495 e. The van der Waals surface area contributed by atoms with Crippen LogP contribution >= 0.6 is 11.8 Å². The van der Waals surface area contributed by atoms with E-state index in [0.717, 1.165) is 27.9 Å². The molecule has 5 rings (SSSR count). The van der Waals surface area contributed by atoms with Crippen LogP contribution < -0.4 is 10.1 Å². The maximum atomic E-state index is 12.8. The second-order valence-electron chi connectivity index (χ2n) is 7.68. The molecular formula is C25H22N4O3S. The second kappa shape index (κ2) is 8.63. The molecule has 0 atom stereocenters. The van der Waals surface area contributed by atoms with Crippen LogP contribution in [0.4, 0.5) is 5.69 Å². The molecule has 0 saturated heterocycles.